The lowest BCUT2D eigenvalue weighted by atomic mass is 10.1. The lowest BCUT2D eigenvalue weighted by Crippen LogP contribution is -2.30. The number of benzene rings is 4. The first kappa shape index (κ1) is 29.5. The summed E-state index contributed by atoms with van der Waals surface area (Å²) < 4.78 is 0. The van der Waals surface area contributed by atoms with Crippen molar-refractivity contribution in [2.24, 2.45) is 0 Å². The van der Waals surface area contributed by atoms with Crippen molar-refractivity contribution in [1.82, 2.24) is 10.3 Å². The minimum absolute atomic E-state index is 0.0979. The number of rotatable bonds is 10. The Hall–Kier alpha value is -4.99. The highest BCUT2D eigenvalue weighted by molar-refractivity contribution is 8.00. The van der Waals surface area contributed by atoms with E-state index >= 15 is 0 Å². The van der Waals surface area contributed by atoms with Gasteiger partial charge in [0.25, 0.3) is 11.8 Å². The Kier molecular flexibility index (Phi) is 9.78. The van der Waals surface area contributed by atoms with Crippen molar-refractivity contribution in [1.29, 1.82) is 0 Å². The fourth-order valence-electron chi connectivity index (χ4n) is 4.11. The Morgan fingerprint density at radius 1 is 0.837 bits per heavy atom. The molecule has 9 heteroatoms. The molecule has 7 nitrogen and oxygen atoms in total. The van der Waals surface area contributed by atoms with Crippen LogP contribution in [0.5, 0.6) is 0 Å². The number of thiazole rings is 1. The fourth-order valence-corrected chi connectivity index (χ4v) is 5.73. The molecule has 5 rings (SSSR count). The molecule has 1 atom stereocenters. The van der Waals surface area contributed by atoms with Crippen LogP contribution in [0.25, 0.3) is 6.08 Å². The summed E-state index contributed by atoms with van der Waals surface area (Å²) in [7, 11) is 0. The van der Waals surface area contributed by atoms with Gasteiger partial charge in [-0.1, -0.05) is 84.4 Å². The van der Waals surface area contributed by atoms with E-state index < -0.39 is 17.1 Å². The van der Waals surface area contributed by atoms with Gasteiger partial charge in [0.2, 0.25) is 5.91 Å². The molecule has 5 aromatic rings. The van der Waals surface area contributed by atoms with Crippen LogP contribution in [0.3, 0.4) is 0 Å². The van der Waals surface area contributed by atoms with Gasteiger partial charge in [-0.2, -0.15) is 0 Å². The van der Waals surface area contributed by atoms with Gasteiger partial charge in [0, 0.05) is 27.7 Å². The van der Waals surface area contributed by atoms with E-state index in [1.54, 1.807) is 54.1 Å². The molecule has 3 amide bonds. The lowest BCUT2D eigenvalue weighted by Gasteiger charge is -2.17. The Labute approximate surface area is 258 Å². The Morgan fingerprint density at radius 2 is 1.56 bits per heavy atom. The number of amides is 3. The van der Waals surface area contributed by atoms with Crippen LogP contribution in [0, 0.1) is 6.92 Å². The van der Waals surface area contributed by atoms with Crippen molar-refractivity contribution in [2.45, 2.75) is 17.1 Å². The van der Waals surface area contributed by atoms with Crippen molar-refractivity contribution in [3.05, 3.63) is 149 Å². The van der Waals surface area contributed by atoms with Gasteiger partial charge in [0.05, 0.1) is 0 Å². The minimum Gasteiger partial charge on any atom is -0.321 e. The highest BCUT2D eigenvalue weighted by Gasteiger charge is 2.23. The maximum atomic E-state index is 13.5. The number of hydrogen-bond donors (Lipinski definition) is 3. The highest BCUT2D eigenvalue weighted by atomic mass is 32.2. The first-order valence-corrected chi connectivity index (χ1v) is 15.2. The van der Waals surface area contributed by atoms with Gasteiger partial charge >= 0.3 is 0 Å². The number of carbonyl (C=O) groups excluding carboxylic acids is 3. The zero-order chi connectivity index (χ0) is 30.0. The van der Waals surface area contributed by atoms with Crippen molar-refractivity contribution in [3.63, 3.8) is 0 Å². The average molecular weight is 605 g/mol. The van der Waals surface area contributed by atoms with E-state index in [0.29, 0.717) is 16.4 Å². The summed E-state index contributed by atoms with van der Waals surface area (Å²) in [4.78, 5) is 44.7. The molecule has 0 fully saturated rings. The summed E-state index contributed by atoms with van der Waals surface area (Å²) in [5.41, 5.74) is 3.74. The van der Waals surface area contributed by atoms with Gasteiger partial charge in [-0.3, -0.25) is 14.4 Å². The van der Waals surface area contributed by atoms with Crippen LogP contribution >= 0.6 is 23.1 Å². The molecule has 0 aliphatic heterocycles. The maximum absolute atomic E-state index is 13.5. The Morgan fingerprint density at radius 3 is 2.26 bits per heavy atom. The third-order valence-electron chi connectivity index (χ3n) is 6.27. The molecule has 0 aliphatic carbocycles. The van der Waals surface area contributed by atoms with Gasteiger partial charge in [-0.15, -0.1) is 23.1 Å². The molecule has 0 bridgehead atoms. The summed E-state index contributed by atoms with van der Waals surface area (Å²) in [5, 5.41) is 10.3. The first-order valence-electron chi connectivity index (χ1n) is 13.4. The largest absolute Gasteiger partial charge is 0.321 e. The number of hydrogen-bond acceptors (Lipinski definition) is 6. The molecular formula is C34H28N4O3S2. The average Bonchev–Trinajstić information content (AvgIpc) is 3.54. The van der Waals surface area contributed by atoms with Crippen LogP contribution in [0.4, 0.5) is 10.8 Å². The topological polar surface area (TPSA) is 100 Å². The quantitative estimate of drug-likeness (QED) is 0.114. The summed E-state index contributed by atoms with van der Waals surface area (Å²) >= 11 is 2.71. The molecule has 1 heterocycles. The number of aromatic nitrogens is 1. The van der Waals surface area contributed by atoms with Crippen molar-refractivity contribution >= 4 is 57.7 Å². The third kappa shape index (κ3) is 8.28. The Balaban J connectivity index is 1.37. The second-order valence-electron chi connectivity index (χ2n) is 9.51. The maximum Gasteiger partial charge on any atom is 0.272 e. The molecule has 0 saturated heterocycles. The van der Waals surface area contributed by atoms with Crippen molar-refractivity contribution in [3.8, 4) is 0 Å². The number of anilines is 2. The van der Waals surface area contributed by atoms with Gasteiger partial charge in [-0.25, -0.2) is 4.98 Å². The number of aryl methyl sites for hydroxylation is 1. The van der Waals surface area contributed by atoms with Crippen molar-refractivity contribution in [2.75, 3.05) is 10.6 Å². The lowest BCUT2D eigenvalue weighted by molar-refractivity contribution is -0.116. The molecule has 1 unspecified atom stereocenters. The summed E-state index contributed by atoms with van der Waals surface area (Å²) in [5.74, 6) is -1.07. The monoisotopic (exact) mass is 604 g/mol. The van der Waals surface area contributed by atoms with E-state index in [0.717, 1.165) is 21.6 Å². The molecule has 0 saturated carbocycles. The predicted octanol–water partition coefficient (Wildman–Crippen LogP) is 7.33. The first-order chi connectivity index (χ1) is 20.9. The van der Waals surface area contributed by atoms with E-state index in [-0.39, 0.29) is 11.6 Å². The van der Waals surface area contributed by atoms with Gasteiger partial charge in [0.15, 0.2) is 5.13 Å². The van der Waals surface area contributed by atoms with E-state index in [1.165, 1.54) is 23.1 Å². The second kappa shape index (κ2) is 14.3. The number of nitrogens with zero attached hydrogens (tertiary/aromatic N) is 1. The second-order valence-corrected chi connectivity index (χ2v) is 11.6. The number of nitrogens with one attached hydrogen (secondary N) is 3. The molecular weight excluding hydrogens is 577 g/mol. The van der Waals surface area contributed by atoms with E-state index in [9.17, 15) is 14.4 Å². The molecule has 214 valence electrons. The van der Waals surface area contributed by atoms with Crippen molar-refractivity contribution < 1.29 is 14.4 Å². The van der Waals surface area contributed by atoms with E-state index in [2.05, 4.69) is 20.9 Å². The molecule has 3 N–H and O–H groups in total. The number of thioether (sulfide) groups is 1. The summed E-state index contributed by atoms with van der Waals surface area (Å²) in [6.45, 7) is 1.98. The zero-order valence-electron chi connectivity index (χ0n) is 23.2. The van der Waals surface area contributed by atoms with Gasteiger partial charge < -0.3 is 16.0 Å². The molecule has 1 aromatic heterocycles. The third-order valence-corrected chi connectivity index (χ3v) is 8.20. The molecule has 0 radical (unpaired) electrons. The summed E-state index contributed by atoms with van der Waals surface area (Å²) in [6, 6.07) is 33.1. The minimum atomic E-state index is -0.557. The smallest absolute Gasteiger partial charge is 0.272 e. The van der Waals surface area contributed by atoms with E-state index in [1.807, 2.05) is 79.7 Å². The SMILES string of the molecule is Cc1ccc(/C=C(\NC(=O)c2ccccc2)C(=O)Nc2cccc(SC(C(=O)Nc3nccs3)c3ccccc3)c2)cc1. The van der Waals surface area contributed by atoms with Crippen LogP contribution in [-0.4, -0.2) is 22.7 Å². The van der Waals surface area contributed by atoms with Gasteiger partial charge in [-0.05, 0) is 54.5 Å². The van der Waals surface area contributed by atoms with Crippen LogP contribution in [0.2, 0.25) is 0 Å². The molecule has 4 aromatic carbocycles. The highest BCUT2D eigenvalue weighted by Crippen LogP contribution is 2.37. The molecule has 0 spiro atoms. The Bertz CT molecular complexity index is 1720. The van der Waals surface area contributed by atoms with Crippen LogP contribution in [0.1, 0.15) is 32.3 Å². The zero-order valence-corrected chi connectivity index (χ0v) is 24.8. The van der Waals surface area contributed by atoms with Crippen LogP contribution in [-0.2, 0) is 9.59 Å². The van der Waals surface area contributed by atoms with Gasteiger partial charge in [0.1, 0.15) is 10.9 Å². The van der Waals surface area contributed by atoms with Crippen LogP contribution < -0.4 is 16.0 Å². The molecule has 43 heavy (non-hydrogen) atoms. The van der Waals surface area contributed by atoms with Crippen LogP contribution in [0.15, 0.2) is 131 Å². The predicted molar refractivity (Wildman–Crippen MR) is 174 cm³/mol. The number of carbonyl (C=O) groups is 3. The summed E-state index contributed by atoms with van der Waals surface area (Å²) in [6.07, 6.45) is 3.28. The molecule has 0 aliphatic rings. The standard InChI is InChI=1S/C34H28N4O3S2/c1-23-15-17-24(18-16-23)21-29(37-31(39)26-11-6-3-7-12-26)32(40)36-27-13-8-14-28(22-27)43-30(25-9-4-2-5-10-25)33(41)38-34-35-19-20-42-34/h2-22,30H,1H3,(H,36,40)(H,37,39)(H,35,38,41)/b29-21-. The fraction of sp³-hybridized carbons (Fsp3) is 0.0588. The van der Waals surface area contributed by atoms with E-state index in [4.69, 9.17) is 0 Å². The normalized spacial score (nSPS) is 11.8.